The number of imide groups is 2. The summed E-state index contributed by atoms with van der Waals surface area (Å²) in [5, 5.41) is 12.3. The highest BCUT2D eigenvalue weighted by molar-refractivity contribution is 6.53. The van der Waals surface area contributed by atoms with Crippen LogP contribution in [-0.4, -0.2) is 57.5 Å². The van der Waals surface area contributed by atoms with Crippen LogP contribution in [0.25, 0.3) is 0 Å². The second kappa shape index (κ2) is 6.71. The predicted octanol–water partition coefficient (Wildman–Crippen LogP) is 1.68. The number of nitrogens with one attached hydrogen (secondary N) is 1. The number of nitrogens with zero attached hydrogens (tertiary/aromatic N) is 1. The highest BCUT2D eigenvalue weighted by Gasteiger charge is 2.75. The second-order valence-electron chi connectivity index (χ2n) is 8.78. The maximum absolute atomic E-state index is 13.4. The molecule has 168 valence electrons. The van der Waals surface area contributed by atoms with Gasteiger partial charge >= 0.3 is 0 Å². The van der Waals surface area contributed by atoms with E-state index in [4.69, 9.17) is 27.9 Å². The smallest absolute Gasteiger partial charge is 0.253 e. The van der Waals surface area contributed by atoms with Gasteiger partial charge in [-0.25, -0.2) is 0 Å². The molecule has 2 aliphatic heterocycles. The van der Waals surface area contributed by atoms with Gasteiger partial charge in [-0.3, -0.25) is 29.4 Å². The number of alkyl halides is 2. The van der Waals surface area contributed by atoms with Crippen LogP contribution in [0.2, 0.25) is 0 Å². The van der Waals surface area contributed by atoms with Crippen LogP contribution in [0.15, 0.2) is 29.8 Å². The molecule has 0 bridgehead atoms. The van der Waals surface area contributed by atoms with Crippen molar-refractivity contribution in [3.8, 4) is 11.5 Å². The lowest BCUT2D eigenvalue weighted by Gasteiger charge is -2.50. The van der Waals surface area contributed by atoms with E-state index >= 15 is 0 Å². The molecule has 2 N–H and O–H groups in total. The summed E-state index contributed by atoms with van der Waals surface area (Å²) < 4.78 is 5.47. The molecule has 0 aromatic heterocycles. The van der Waals surface area contributed by atoms with E-state index in [2.05, 4.69) is 5.32 Å². The molecule has 0 radical (unpaired) electrons. The number of aromatic hydroxyl groups is 1. The van der Waals surface area contributed by atoms with Crippen LogP contribution in [-0.2, 0) is 19.2 Å². The highest BCUT2D eigenvalue weighted by Crippen LogP contribution is 2.65. The summed E-state index contributed by atoms with van der Waals surface area (Å²) in [6, 6.07) is 4.39. The van der Waals surface area contributed by atoms with E-state index in [0.29, 0.717) is 17.6 Å². The largest absolute Gasteiger partial charge is 0.508 e. The minimum Gasteiger partial charge on any atom is -0.508 e. The Balaban J connectivity index is 1.78. The average molecular weight is 479 g/mol. The number of phenolic OH excluding ortho intramolecular Hbond substituents is 1. The Morgan fingerprint density at radius 2 is 1.84 bits per heavy atom. The predicted molar refractivity (Wildman–Crippen MR) is 113 cm³/mol. The molecule has 10 heteroatoms. The average Bonchev–Trinajstić information content (AvgIpc) is 3.12. The summed E-state index contributed by atoms with van der Waals surface area (Å²) in [5.41, 5.74) is 1.13. The molecule has 6 atom stereocenters. The summed E-state index contributed by atoms with van der Waals surface area (Å²) in [6.45, 7) is 0. The van der Waals surface area contributed by atoms with E-state index in [1.807, 2.05) is 6.08 Å². The minimum absolute atomic E-state index is 0.0527. The molecule has 8 nitrogen and oxygen atoms in total. The molecule has 2 heterocycles. The number of hydrogen-bond donors (Lipinski definition) is 2. The summed E-state index contributed by atoms with van der Waals surface area (Å²) in [5.74, 6) is -4.61. The van der Waals surface area contributed by atoms with Crippen LogP contribution >= 0.6 is 23.2 Å². The Hall–Kier alpha value is -2.58. The molecule has 32 heavy (non-hydrogen) atoms. The van der Waals surface area contributed by atoms with Crippen LogP contribution in [0.3, 0.4) is 0 Å². The van der Waals surface area contributed by atoms with Gasteiger partial charge in [0, 0.05) is 24.6 Å². The number of benzene rings is 1. The van der Waals surface area contributed by atoms with Gasteiger partial charge in [0.15, 0.2) is 9.75 Å². The number of likely N-dealkylation sites (tertiary alicyclic amines) is 1. The van der Waals surface area contributed by atoms with Crippen molar-refractivity contribution in [2.24, 2.45) is 17.8 Å². The maximum Gasteiger partial charge on any atom is 0.253 e. The van der Waals surface area contributed by atoms with Crippen molar-refractivity contribution in [3.63, 3.8) is 0 Å². The number of hydrogen-bond acceptors (Lipinski definition) is 6. The normalized spacial score (nSPS) is 38.1. The van der Waals surface area contributed by atoms with Gasteiger partial charge in [0.25, 0.3) is 11.8 Å². The van der Waals surface area contributed by atoms with Crippen molar-refractivity contribution in [1.82, 2.24) is 10.2 Å². The molecule has 1 aromatic rings. The van der Waals surface area contributed by atoms with Gasteiger partial charge in [0.05, 0.1) is 18.9 Å². The maximum atomic E-state index is 13.4. The number of methoxy groups -OCH3 is 1. The fraction of sp³-hybridized carbons (Fsp3) is 0.455. The zero-order chi connectivity index (χ0) is 23.2. The number of rotatable bonds is 2. The van der Waals surface area contributed by atoms with Crippen molar-refractivity contribution < 1.29 is 29.0 Å². The fourth-order valence-electron chi connectivity index (χ4n) is 5.94. The van der Waals surface area contributed by atoms with E-state index in [-0.39, 0.29) is 23.8 Å². The standard InChI is InChI=1S/C22H20Cl2N2O6/c1-26-19(30)21(23)8-13-10(5-6-12-15(13)18(29)25-17(12)28)16(22(21,24)20(26)31)11-4-3-9(27)7-14(11)32-2/h3-5,7,12-13,15-16,27H,6,8H2,1-2H3,(H,25,28,29)/t12-,13+,15-,16+,21+,22-/m0/s1. The van der Waals surface area contributed by atoms with Gasteiger partial charge in [-0.1, -0.05) is 17.7 Å². The molecule has 2 aliphatic carbocycles. The number of carbonyl (C=O) groups is 4. The molecule has 1 aromatic carbocycles. The molecule has 2 saturated heterocycles. The number of amides is 4. The first-order valence-electron chi connectivity index (χ1n) is 10.2. The Bertz CT molecular complexity index is 1140. The number of fused-ring (bicyclic) bond motifs is 4. The number of allylic oxidation sites excluding steroid dienone is 2. The van der Waals surface area contributed by atoms with Crippen LogP contribution in [0.4, 0.5) is 0 Å². The molecule has 4 aliphatic rings. The topological polar surface area (TPSA) is 113 Å². The van der Waals surface area contributed by atoms with Crippen molar-refractivity contribution in [2.75, 3.05) is 14.2 Å². The number of halogens is 2. The third-order valence-corrected chi connectivity index (χ3v) is 8.80. The van der Waals surface area contributed by atoms with Crippen LogP contribution in [0, 0.1) is 17.8 Å². The third-order valence-electron chi connectivity index (χ3n) is 7.39. The number of ether oxygens (including phenoxy) is 1. The van der Waals surface area contributed by atoms with Gasteiger partial charge in [-0.05, 0) is 24.8 Å². The molecule has 3 fully saturated rings. The summed E-state index contributed by atoms with van der Waals surface area (Å²) in [4.78, 5) is 48.8. The van der Waals surface area contributed by atoms with Gasteiger partial charge in [0.1, 0.15) is 11.5 Å². The van der Waals surface area contributed by atoms with Crippen LogP contribution < -0.4 is 10.1 Å². The molecular weight excluding hydrogens is 459 g/mol. The third kappa shape index (κ3) is 2.39. The first kappa shape index (κ1) is 21.3. The van der Waals surface area contributed by atoms with Crippen LogP contribution in [0.5, 0.6) is 11.5 Å². The van der Waals surface area contributed by atoms with E-state index in [9.17, 15) is 24.3 Å². The van der Waals surface area contributed by atoms with E-state index in [1.54, 1.807) is 6.07 Å². The number of carbonyl (C=O) groups excluding carboxylic acids is 4. The summed E-state index contributed by atoms with van der Waals surface area (Å²) >= 11 is 14.0. The lowest BCUT2D eigenvalue weighted by Crippen LogP contribution is -2.60. The zero-order valence-corrected chi connectivity index (χ0v) is 18.7. The first-order valence-corrected chi connectivity index (χ1v) is 10.9. The molecule has 4 amide bonds. The van der Waals surface area contributed by atoms with Gasteiger partial charge in [-0.2, -0.15) is 0 Å². The Morgan fingerprint density at radius 3 is 2.53 bits per heavy atom. The molecular formula is C22H20Cl2N2O6. The lowest BCUT2D eigenvalue weighted by atomic mass is 9.56. The lowest BCUT2D eigenvalue weighted by molar-refractivity contribution is -0.138. The minimum atomic E-state index is -1.88. The monoisotopic (exact) mass is 478 g/mol. The quantitative estimate of drug-likeness (QED) is 0.379. The van der Waals surface area contributed by atoms with Gasteiger partial charge < -0.3 is 9.84 Å². The Kier molecular flexibility index (Phi) is 4.46. The fourth-order valence-corrected chi connectivity index (χ4v) is 6.95. The first-order chi connectivity index (χ1) is 15.1. The Morgan fingerprint density at radius 1 is 1.12 bits per heavy atom. The second-order valence-corrected chi connectivity index (χ2v) is 10.0. The van der Waals surface area contributed by atoms with Crippen molar-refractivity contribution in [1.29, 1.82) is 0 Å². The van der Waals surface area contributed by atoms with E-state index in [0.717, 1.165) is 4.90 Å². The summed E-state index contributed by atoms with van der Waals surface area (Å²) in [6.07, 6.45) is 2.07. The molecule has 0 unspecified atom stereocenters. The summed E-state index contributed by atoms with van der Waals surface area (Å²) in [7, 11) is 2.74. The highest BCUT2D eigenvalue weighted by atomic mass is 35.5. The number of phenols is 1. The molecule has 5 rings (SSSR count). The van der Waals surface area contributed by atoms with Crippen molar-refractivity contribution in [2.45, 2.75) is 28.5 Å². The van der Waals surface area contributed by atoms with Crippen molar-refractivity contribution in [3.05, 3.63) is 35.4 Å². The van der Waals surface area contributed by atoms with Crippen molar-refractivity contribution >= 4 is 46.8 Å². The van der Waals surface area contributed by atoms with E-state index < -0.39 is 51.1 Å². The SMILES string of the molecule is COc1cc(O)ccc1[C@H]1C2=CC[C@@H]3C(=O)NC(=O)[C@@H]3[C@@H]2C[C@@]2(Cl)C(=O)N(C)C(=O)[C@@]12Cl. The zero-order valence-electron chi connectivity index (χ0n) is 17.2. The van der Waals surface area contributed by atoms with Crippen LogP contribution in [0.1, 0.15) is 24.3 Å². The van der Waals surface area contributed by atoms with Gasteiger partial charge in [0.2, 0.25) is 11.8 Å². The van der Waals surface area contributed by atoms with E-state index in [1.165, 1.54) is 26.3 Å². The van der Waals surface area contributed by atoms with Gasteiger partial charge in [-0.15, -0.1) is 23.2 Å². The molecule has 1 saturated carbocycles. The Labute approximate surface area is 193 Å². The molecule has 0 spiro atoms.